The third kappa shape index (κ3) is 2.86. The van der Waals surface area contributed by atoms with E-state index in [0.717, 1.165) is 11.9 Å². The molecular weight excluding hydrogens is 278 g/mol. The average Bonchev–Trinajstić information content (AvgIpc) is 2.63. The topological polar surface area (TPSA) is 12.9 Å². The highest BCUT2D eigenvalue weighted by Crippen LogP contribution is 2.23. The lowest BCUT2D eigenvalue weighted by Gasteiger charge is -2.08. The van der Waals surface area contributed by atoms with Crippen LogP contribution < -0.4 is 0 Å². The van der Waals surface area contributed by atoms with Gasteiger partial charge in [-0.25, -0.2) is 0 Å². The van der Waals surface area contributed by atoms with E-state index in [9.17, 15) is 0 Å². The van der Waals surface area contributed by atoms with E-state index in [-0.39, 0.29) is 0 Å². The Bertz CT molecular complexity index is 937. The Morgan fingerprint density at radius 3 is 2.35 bits per heavy atom. The first-order valence-corrected chi connectivity index (χ1v) is 7.87. The minimum atomic E-state index is 0.920. The lowest BCUT2D eigenvalue weighted by Crippen LogP contribution is -1.92. The van der Waals surface area contributed by atoms with Gasteiger partial charge in [-0.05, 0) is 40.8 Å². The van der Waals surface area contributed by atoms with Crippen LogP contribution in [0.25, 0.3) is 22.0 Å². The van der Waals surface area contributed by atoms with Gasteiger partial charge in [0.05, 0.1) is 5.52 Å². The van der Waals surface area contributed by atoms with E-state index in [1.165, 1.54) is 27.6 Å². The Labute approximate surface area is 136 Å². The minimum Gasteiger partial charge on any atom is -0.256 e. The molecule has 0 saturated heterocycles. The normalized spacial score (nSPS) is 10.8. The standard InChI is InChI=1S/C22H17N/c1-2-8-18(9-3-1)19-10-6-7-17(15-19)16-20-13-14-23-22-12-5-4-11-21(20)22/h1-15H,16H2. The number of fused-ring (bicyclic) bond motifs is 1. The summed E-state index contributed by atoms with van der Waals surface area (Å²) in [5, 5.41) is 1.24. The van der Waals surface area contributed by atoms with Gasteiger partial charge in [-0.2, -0.15) is 0 Å². The Kier molecular flexibility index (Phi) is 3.61. The zero-order chi connectivity index (χ0) is 15.5. The first-order chi connectivity index (χ1) is 11.4. The van der Waals surface area contributed by atoms with Crippen LogP contribution in [0.1, 0.15) is 11.1 Å². The maximum atomic E-state index is 4.45. The molecule has 1 nitrogen and oxygen atoms in total. The maximum Gasteiger partial charge on any atom is 0.0704 e. The highest BCUT2D eigenvalue weighted by Gasteiger charge is 2.04. The van der Waals surface area contributed by atoms with E-state index >= 15 is 0 Å². The maximum absolute atomic E-state index is 4.45. The summed E-state index contributed by atoms with van der Waals surface area (Å²) in [6.07, 6.45) is 2.82. The van der Waals surface area contributed by atoms with E-state index < -0.39 is 0 Å². The minimum absolute atomic E-state index is 0.920. The molecular formula is C22H17N. The molecule has 0 spiro atoms. The molecule has 0 aliphatic rings. The number of nitrogens with zero attached hydrogens (tertiary/aromatic N) is 1. The van der Waals surface area contributed by atoms with Crippen molar-refractivity contribution in [2.45, 2.75) is 6.42 Å². The van der Waals surface area contributed by atoms with E-state index in [1.54, 1.807) is 0 Å². The Balaban J connectivity index is 1.72. The SMILES string of the molecule is c1ccc(-c2cccc(Cc3ccnc4ccccc34)c2)cc1. The van der Waals surface area contributed by atoms with Crippen molar-refractivity contribution in [2.75, 3.05) is 0 Å². The van der Waals surface area contributed by atoms with Gasteiger partial charge in [-0.3, -0.25) is 4.98 Å². The predicted octanol–water partition coefficient (Wildman–Crippen LogP) is 5.49. The molecule has 0 fully saturated rings. The summed E-state index contributed by atoms with van der Waals surface area (Å²) in [5.74, 6) is 0. The zero-order valence-corrected chi connectivity index (χ0v) is 12.8. The summed E-state index contributed by atoms with van der Waals surface area (Å²) in [6, 6.07) is 29.8. The van der Waals surface area contributed by atoms with Gasteiger partial charge in [0.25, 0.3) is 0 Å². The molecule has 0 saturated carbocycles. The fraction of sp³-hybridized carbons (Fsp3) is 0.0455. The lowest BCUT2D eigenvalue weighted by molar-refractivity contribution is 1.20. The summed E-state index contributed by atoms with van der Waals surface area (Å²) >= 11 is 0. The first kappa shape index (κ1) is 13.7. The smallest absolute Gasteiger partial charge is 0.0704 e. The second-order valence-corrected chi connectivity index (χ2v) is 5.73. The van der Waals surface area contributed by atoms with Crippen LogP contribution in [0.15, 0.2) is 91.1 Å². The highest BCUT2D eigenvalue weighted by molar-refractivity contribution is 5.82. The van der Waals surface area contributed by atoms with Gasteiger partial charge in [0.1, 0.15) is 0 Å². The molecule has 0 aliphatic heterocycles. The summed E-state index contributed by atoms with van der Waals surface area (Å²) < 4.78 is 0. The predicted molar refractivity (Wildman–Crippen MR) is 96.4 cm³/mol. The van der Waals surface area contributed by atoms with Crippen molar-refractivity contribution < 1.29 is 0 Å². The second kappa shape index (κ2) is 6.05. The molecule has 1 heteroatoms. The van der Waals surface area contributed by atoms with Gasteiger partial charge in [-0.1, -0.05) is 72.8 Å². The third-order valence-corrected chi connectivity index (χ3v) is 4.17. The molecule has 0 atom stereocenters. The van der Waals surface area contributed by atoms with Crippen LogP contribution in [0.2, 0.25) is 0 Å². The van der Waals surface area contributed by atoms with E-state index in [2.05, 4.69) is 83.8 Å². The number of benzene rings is 3. The number of pyridine rings is 1. The highest BCUT2D eigenvalue weighted by atomic mass is 14.6. The van der Waals surface area contributed by atoms with E-state index in [1.807, 2.05) is 12.3 Å². The molecule has 0 amide bonds. The Hall–Kier alpha value is -2.93. The van der Waals surface area contributed by atoms with Gasteiger partial charge >= 0.3 is 0 Å². The van der Waals surface area contributed by atoms with Crippen LogP contribution in [0.3, 0.4) is 0 Å². The van der Waals surface area contributed by atoms with Crippen molar-refractivity contribution >= 4 is 10.9 Å². The van der Waals surface area contributed by atoms with E-state index in [0.29, 0.717) is 0 Å². The molecule has 4 aromatic rings. The van der Waals surface area contributed by atoms with Gasteiger partial charge in [-0.15, -0.1) is 0 Å². The van der Waals surface area contributed by atoms with Crippen LogP contribution in [0.5, 0.6) is 0 Å². The summed E-state index contributed by atoms with van der Waals surface area (Å²) in [5.41, 5.74) is 6.23. The number of hydrogen-bond acceptors (Lipinski definition) is 1. The fourth-order valence-corrected chi connectivity index (χ4v) is 3.02. The van der Waals surface area contributed by atoms with Crippen molar-refractivity contribution in [3.05, 3.63) is 102 Å². The number of aromatic nitrogens is 1. The molecule has 0 N–H and O–H groups in total. The zero-order valence-electron chi connectivity index (χ0n) is 12.8. The molecule has 110 valence electrons. The lowest BCUT2D eigenvalue weighted by atomic mass is 9.97. The molecule has 0 radical (unpaired) electrons. The molecule has 0 unspecified atom stereocenters. The van der Waals surface area contributed by atoms with E-state index in [4.69, 9.17) is 0 Å². The quantitative estimate of drug-likeness (QED) is 0.487. The van der Waals surface area contributed by atoms with Crippen LogP contribution in [-0.4, -0.2) is 4.98 Å². The molecule has 0 bridgehead atoms. The first-order valence-electron chi connectivity index (χ1n) is 7.87. The Morgan fingerprint density at radius 1 is 0.652 bits per heavy atom. The fourth-order valence-electron chi connectivity index (χ4n) is 3.02. The van der Waals surface area contributed by atoms with Crippen molar-refractivity contribution in [3.8, 4) is 11.1 Å². The number of rotatable bonds is 3. The number of para-hydroxylation sites is 1. The third-order valence-electron chi connectivity index (χ3n) is 4.17. The van der Waals surface area contributed by atoms with Crippen molar-refractivity contribution in [2.24, 2.45) is 0 Å². The molecule has 1 heterocycles. The van der Waals surface area contributed by atoms with Crippen molar-refractivity contribution in [1.82, 2.24) is 4.98 Å². The summed E-state index contributed by atoms with van der Waals surface area (Å²) in [6.45, 7) is 0. The van der Waals surface area contributed by atoms with Gasteiger partial charge in [0.2, 0.25) is 0 Å². The molecule has 4 rings (SSSR count). The van der Waals surface area contributed by atoms with Gasteiger partial charge in [0, 0.05) is 11.6 Å². The Morgan fingerprint density at radius 2 is 1.43 bits per heavy atom. The van der Waals surface area contributed by atoms with Gasteiger partial charge < -0.3 is 0 Å². The van der Waals surface area contributed by atoms with Crippen LogP contribution >= 0.6 is 0 Å². The van der Waals surface area contributed by atoms with Crippen molar-refractivity contribution in [1.29, 1.82) is 0 Å². The molecule has 0 aliphatic carbocycles. The molecule has 3 aromatic carbocycles. The van der Waals surface area contributed by atoms with Crippen molar-refractivity contribution in [3.63, 3.8) is 0 Å². The van der Waals surface area contributed by atoms with Crippen LogP contribution in [0, 0.1) is 0 Å². The van der Waals surface area contributed by atoms with Crippen LogP contribution in [0.4, 0.5) is 0 Å². The summed E-state index contributed by atoms with van der Waals surface area (Å²) in [4.78, 5) is 4.45. The second-order valence-electron chi connectivity index (χ2n) is 5.73. The molecule has 23 heavy (non-hydrogen) atoms. The van der Waals surface area contributed by atoms with Gasteiger partial charge in [0.15, 0.2) is 0 Å². The average molecular weight is 295 g/mol. The monoisotopic (exact) mass is 295 g/mol. The molecule has 1 aromatic heterocycles. The van der Waals surface area contributed by atoms with Crippen LogP contribution in [-0.2, 0) is 6.42 Å². The number of hydrogen-bond donors (Lipinski definition) is 0. The summed E-state index contributed by atoms with van der Waals surface area (Å²) in [7, 11) is 0. The largest absolute Gasteiger partial charge is 0.256 e.